The SMILES string of the molecule is CC1(C)Cc2cccc(CN3CCNCC3c3cccnc3)c2O1.Cl. The number of hydrogen-bond acceptors (Lipinski definition) is 4. The number of ether oxygens (including phenoxy) is 1. The molecule has 0 amide bonds. The Morgan fingerprint density at radius 2 is 2.16 bits per heavy atom. The third-order valence-corrected chi connectivity index (χ3v) is 4.97. The molecule has 1 aromatic heterocycles. The zero-order chi connectivity index (χ0) is 16.6. The second-order valence-corrected chi connectivity index (χ2v) is 7.42. The predicted molar refractivity (Wildman–Crippen MR) is 102 cm³/mol. The molecule has 1 saturated heterocycles. The van der Waals surface area contributed by atoms with Gasteiger partial charge >= 0.3 is 0 Å². The molecule has 1 atom stereocenters. The Balaban J connectivity index is 0.00000182. The van der Waals surface area contributed by atoms with Crippen LogP contribution in [0.2, 0.25) is 0 Å². The molecule has 2 aromatic rings. The predicted octanol–water partition coefficient (Wildman–Crippen LogP) is 3.36. The molecular weight excluding hydrogens is 334 g/mol. The van der Waals surface area contributed by atoms with Crippen LogP contribution in [0.15, 0.2) is 42.7 Å². The monoisotopic (exact) mass is 359 g/mol. The summed E-state index contributed by atoms with van der Waals surface area (Å²) in [5.41, 5.74) is 3.82. The van der Waals surface area contributed by atoms with Crippen molar-refractivity contribution in [3.05, 3.63) is 59.4 Å². The lowest BCUT2D eigenvalue weighted by molar-refractivity contribution is 0.128. The molecule has 0 spiro atoms. The summed E-state index contributed by atoms with van der Waals surface area (Å²) >= 11 is 0. The van der Waals surface area contributed by atoms with E-state index in [0.717, 1.165) is 38.3 Å². The van der Waals surface area contributed by atoms with E-state index in [0.29, 0.717) is 6.04 Å². The van der Waals surface area contributed by atoms with Gasteiger partial charge in [0.05, 0.1) is 0 Å². The molecule has 25 heavy (non-hydrogen) atoms. The van der Waals surface area contributed by atoms with E-state index in [2.05, 4.69) is 53.3 Å². The highest BCUT2D eigenvalue weighted by atomic mass is 35.5. The number of nitrogens with one attached hydrogen (secondary N) is 1. The van der Waals surface area contributed by atoms with Crippen LogP contribution in [0.5, 0.6) is 5.75 Å². The zero-order valence-electron chi connectivity index (χ0n) is 14.9. The molecule has 3 heterocycles. The Labute approximate surface area is 156 Å². The van der Waals surface area contributed by atoms with Crippen molar-refractivity contribution in [2.45, 2.75) is 38.5 Å². The third-order valence-electron chi connectivity index (χ3n) is 4.97. The maximum absolute atomic E-state index is 6.25. The first-order valence-electron chi connectivity index (χ1n) is 8.77. The molecule has 0 radical (unpaired) electrons. The molecule has 1 fully saturated rings. The van der Waals surface area contributed by atoms with E-state index in [1.165, 1.54) is 16.7 Å². The number of rotatable bonds is 3. The van der Waals surface area contributed by atoms with Crippen molar-refractivity contribution in [1.82, 2.24) is 15.2 Å². The summed E-state index contributed by atoms with van der Waals surface area (Å²) in [5.74, 6) is 1.10. The van der Waals surface area contributed by atoms with Crippen LogP contribution < -0.4 is 10.1 Å². The van der Waals surface area contributed by atoms with Crippen molar-refractivity contribution < 1.29 is 4.74 Å². The molecular formula is C20H26ClN3O. The van der Waals surface area contributed by atoms with Crippen LogP contribution in [0, 0.1) is 0 Å². The van der Waals surface area contributed by atoms with Gasteiger partial charge in [-0.15, -0.1) is 12.4 Å². The highest BCUT2D eigenvalue weighted by molar-refractivity contribution is 5.85. The topological polar surface area (TPSA) is 37.4 Å². The van der Waals surface area contributed by atoms with Crippen molar-refractivity contribution in [2.24, 2.45) is 0 Å². The van der Waals surface area contributed by atoms with Gasteiger partial charge in [-0.25, -0.2) is 0 Å². The van der Waals surface area contributed by atoms with E-state index in [4.69, 9.17) is 4.74 Å². The van der Waals surface area contributed by atoms with Crippen molar-refractivity contribution >= 4 is 12.4 Å². The minimum Gasteiger partial charge on any atom is -0.487 e. The molecule has 4 nitrogen and oxygen atoms in total. The highest BCUT2D eigenvalue weighted by Gasteiger charge is 2.33. The molecule has 0 bridgehead atoms. The van der Waals surface area contributed by atoms with Crippen LogP contribution in [0.1, 0.15) is 36.6 Å². The Morgan fingerprint density at radius 3 is 2.96 bits per heavy atom. The van der Waals surface area contributed by atoms with Gasteiger partial charge in [0.25, 0.3) is 0 Å². The minimum atomic E-state index is -0.0926. The van der Waals surface area contributed by atoms with Gasteiger partial charge in [0.15, 0.2) is 0 Å². The second-order valence-electron chi connectivity index (χ2n) is 7.42. The van der Waals surface area contributed by atoms with E-state index in [1.54, 1.807) is 0 Å². The minimum absolute atomic E-state index is 0. The van der Waals surface area contributed by atoms with Crippen molar-refractivity contribution in [2.75, 3.05) is 19.6 Å². The van der Waals surface area contributed by atoms with E-state index in [-0.39, 0.29) is 18.0 Å². The van der Waals surface area contributed by atoms with Gasteiger partial charge in [0, 0.05) is 56.6 Å². The average Bonchev–Trinajstić information content (AvgIpc) is 2.91. The molecule has 2 aliphatic heterocycles. The molecule has 0 saturated carbocycles. The van der Waals surface area contributed by atoms with E-state index < -0.39 is 0 Å². The van der Waals surface area contributed by atoms with Crippen LogP contribution >= 0.6 is 12.4 Å². The van der Waals surface area contributed by atoms with Gasteiger partial charge in [-0.2, -0.15) is 0 Å². The molecule has 4 rings (SSSR count). The van der Waals surface area contributed by atoms with Gasteiger partial charge in [-0.3, -0.25) is 9.88 Å². The number of hydrogen-bond donors (Lipinski definition) is 1. The number of halogens is 1. The molecule has 1 unspecified atom stereocenters. The highest BCUT2D eigenvalue weighted by Crippen LogP contribution is 2.38. The second kappa shape index (κ2) is 7.32. The maximum Gasteiger partial charge on any atom is 0.127 e. The molecule has 5 heteroatoms. The van der Waals surface area contributed by atoms with Gasteiger partial charge in [-0.05, 0) is 31.0 Å². The number of piperazine rings is 1. The lowest BCUT2D eigenvalue weighted by atomic mass is 9.99. The molecule has 0 aliphatic carbocycles. The van der Waals surface area contributed by atoms with Crippen molar-refractivity contribution in [3.63, 3.8) is 0 Å². The summed E-state index contributed by atoms with van der Waals surface area (Å²) in [5, 5.41) is 3.51. The van der Waals surface area contributed by atoms with Gasteiger partial charge in [0.2, 0.25) is 0 Å². The summed E-state index contributed by atoms with van der Waals surface area (Å²) in [6.07, 6.45) is 4.81. The average molecular weight is 360 g/mol. The van der Waals surface area contributed by atoms with Gasteiger partial charge in [-0.1, -0.05) is 24.3 Å². The van der Waals surface area contributed by atoms with E-state index in [1.807, 2.05) is 18.5 Å². The van der Waals surface area contributed by atoms with E-state index >= 15 is 0 Å². The number of fused-ring (bicyclic) bond motifs is 1. The fourth-order valence-corrected chi connectivity index (χ4v) is 3.86. The van der Waals surface area contributed by atoms with Crippen molar-refractivity contribution in [1.29, 1.82) is 0 Å². The lowest BCUT2D eigenvalue weighted by Crippen LogP contribution is -2.45. The largest absolute Gasteiger partial charge is 0.487 e. The molecule has 2 aliphatic rings. The molecule has 1 aromatic carbocycles. The van der Waals surface area contributed by atoms with Crippen LogP contribution in [0.4, 0.5) is 0 Å². The van der Waals surface area contributed by atoms with Gasteiger partial charge in [0.1, 0.15) is 11.4 Å². The Bertz CT molecular complexity index is 720. The van der Waals surface area contributed by atoms with E-state index in [9.17, 15) is 0 Å². The van der Waals surface area contributed by atoms with Crippen molar-refractivity contribution in [3.8, 4) is 5.75 Å². The summed E-state index contributed by atoms with van der Waals surface area (Å²) in [6, 6.07) is 11.1. The summed E-state index contributed by atoms with van der Waals surface area (Å²) in [4.78, 5) is 6.84. The maximum atomic E-state index is 6.25. The Morgan fingerprint density at radius 1 is 1.28 bits per heavy atom. The summed E-state index contributed by atoms with van der Waals surface area (Å²) in [6.45, 7) is 8.28. The fourth-order valence-electron chi connectivity index (χ4n) is 3.86. The number of benzene rings is 1. The lowest BCUT2D eigenvalue weighted by Gasteiger charge is -2.36. The number of nitrogens with zero attached hydrogens (tertiary/aromatic N) is 2. The standard InChI is InChI=1S/C20H25N3O.ClH/c1-20(2)11-15-5-3-6-17(19(15)24-20)14-23-10-9-22-13-18(23)16-7-4-8-21-12-16;/h3-8,12,18,22H,9-11,13-14H2,1-2H3;1H. The quantitative estimate of drug-likeness (QED) is 0.911. The Kier molecular flexibility index (Phi) is 5.32. The molecule has 134 valence electrons. The molecule has 1 N–H and O–H groups in total. The Hall–Kier alpha value is -1.62. The van der Waals surface area contributed by atoms with Gasteiger partial charge < -0.3 is 10.1 Å². The summed E-state index contributed by atoms with van der Waals surface area (Å²) in [7, 11) is 0. The smallest absolute Gasteiger partial charge is 0.127 e. The van der Waals surface area contributed by atoms with Crippen LogP contribution in [-0.2, 0) is 13.0 Å². The zero-order valence-corrected chi connectivity index (χ0v) is 15.7. The van der Waals surface area contributed by atoms with Crippen LogP contribution in [0.3, 0.4) is 0 Å². The first-order valence-corrected chi connectivity index (χ1v) is 8.77. The van der Waals surface area contributed by atoms with Crippen LogP contribution in [0.25, 0.3) is 0 Å². The normalized spacial score (nSPS) is 21.9. The first-order chi connectivity index (χ1) is 11.6. The van der Waals surface area contributed by atoms with Crippen LogP contribution in [-0.4, -0.2) is 35.1 Å². The third kappa shape index (κ3) is 3.81. The fraction of sp³-hybridized carbons (Fsp3) is 0.450. The number of aromatic nitrogens is 1. The number of pyridine rings is 1. The summed E-state index contributed by atoms with van der Waals surface area (Å²) < 4.78 is 6.25. The number of para-hydroxylation sites is 1. The first kappa shape index (κ1) is 18.2.